The van der Waals surface area contributed by atoms with Crippen LogP contribution < -0.4 is 15.5 Å². The zero-order valence-corrected chi connectivity index (χ0v) is 21.7. The standard InChI is InChI=1S/C28H34N4O3S/c1-36-24-7-3-2-5-22(24)18-31-13-10-19(11-14-31)17-29-27(34)28(35)30-23-15-20-6-4-12-32-25(33)9-8-21(16-23)26(20)32/h2-3,5,7,15-16,19H,4,6,8-14,17-18H2,1H3,(H,29,34)(H,30,35). The van der Waals surface area contributed by atoms with Crippen molar-refractivity contribution in [1.29, 1.82) is 0 Å². The molecular weight excluding hydrogens is 472 g/mol. The fraction of sp³-hybridized carbons (Fsp3) is 0.464. The quantitative estimate of drug-likeness (QED) is 0.462. The van der Waals surface area contributed by atoms with E-state index in [-0.39, 0.29) is 5.91 Å². The van der Waals surface area contributed by atoms with Gasteiger partial charge in [0.25, 0.3) is 0 Å². The molecule has 36 heavy (non-hydrogen) atoms. The summed E-state index contributed by atoms with van der Waals surface area (Å²) in [6.07, 6.45) is 7.09. The predicted octanol–water partition coefficient (Wildman–Crippen LogP) is 3.60. The predicted molar refractivity (Wildman–Crippen MR) is 143 cm³/mol. The summed E-state index contributed by atoms with van der Waals surface area (Å²) < 4.78 is 0. The Labute approximate surface area is 217 Å². The Balaban J connectivity index is 1.10. The van der Waals surface area contributed by atoms with Gasteiger partial charge >= 0.3 is 11.8 Å². The van der Waals surface area contributed by atoms with Crippen molar-refractivity contribution in [2.45, 2.75) is 50.0 Å². The molecule has 3 heterocycles. The van der Waals surface area contributed by atoms with E-state index in [1.165, 1.54) is 10.5 Å². The maximum absolute atomic E-state index is 12.6. The molecule has 2 aromatic rings. The molecule has 1 saturated heterocycles. The van der Waals surface area contributed by atoms with Gasteiger partial charge in [0, 0.05) is 36.6 Å². The molecule has 3 aliphatic heterocycles. The number of hydrogen-bond acceptors (Lipinski definition) is 5. The van der Waals surface area contributed by atoms with Gasteiger partial charge in [-0.05, 0) is 92.3 Å². The first kappa shape index (κ1) is 24.8. The van der Waals surface area contributed by atoms with Gasteiger partial charge in [0.15, 0.2) is 0 Å². The Morgan fingerprint density at radius 3 is 2.53 bits per heavy atom. The lowest BCUT2D eigenvalue weighted by Gasteiger charge is -2.35. The zero-order chi connectivity index (χ0) is 25.1. The molecule has 0 aromatic heterocycles. The molecule has 2 N–H and O–H groups in total. The molecule has 8 heteroatoms. The molecule has 2 aromatic carbocycles. The second-order valence-electron chi connectivity index (χ2n) is 9.99. The maximum Gasteiger partial charge on any atom is 0.313 e. The number of piperidine rings is 1. The number of aryl methyl sites for hydroxylation is 2. The summed E-state index contributed by atoms with van der Waals surface area (Å²) in [5, 5.41) is 5.63. The number of rotatable bonds is 6. The second-order valence-corrected chi connectivity index (χ2v) is 10.8. The van der Waals surface area contributed by atoms with Gasteiger partial charge in [0.2, 0.25) is 5.91 Å². The zero-order valence-electron chi connectivity index (χ0n) is 20.8. The van der Waals surface area contributed by atoms with Crippen molar-refractivity contribution in [2.75, 3.05) is 42.7 Å². The number of likely N-dealkylation sites (tertiary alicyclic amines) is 1. The van der Waals surface area contributed by atoms with Gasteiger partial charge in [-0.3, -0.25) is 19.3 Å². The number of carbonyl (C=O) groups excluding carboxylic acids is 3. The van der Waals surface area contributed by atoms with Crippen molar-refractivity contribution < 1.29 is 14.4 Å². The number of anilines is 2. The van der Waals surface area contributed by atoms with Crippen LogP contribution in [0, 0.1) is 5.92 Å². The highest BCUT2D eigenvalue weighted by Crippen LogP contribution is 2.37. The largest absolute Gasteiger partial charge is 0.348 e. The van der Waals surface area contributed by atoms with Gasteiger partial charge < -0.3 is 15.5 Å². The van der Waals surface area contributed by atoms with Crippen molar-refractivity contribution in [3.05, 3.63) is 53.1 Å². The van der Waals surface area contributed by atoms with E-state index in [1.807, 2.05) is 17.0 Å². The Hall–Kier alpha value is -2.84. The first-order valence-corrected chi connectivity index (χ1v) is 14.1. The highest BCUT2D eigenvalue weighted by atomic mass is 32.2. The highest BCUT2D eigenvalue weighted by Gasteiger charge is 2.30. The molecule has 0 bridgehead atoms. The maximum atomic E-state index is 12.6. The summed E-state index contributed by atoms with van der Waals surface area (Å²) in [4.78, 5) is 43.1. The van der Waals surface area contributed by atoms with Crippen LogP contribution >= 0.6 is 11.8 Å². The van der Waals surface area contributed by atoms with E-state index < -0.39 is 11.8 Å². The van der Waals surface area contributed by atoms with Crippen LogP contribution in [-0.2, 0) is 33.8 Å². The average Bonchev–Trinajstić information content (AvgIpc) is 2.90. The van der Waals surface area contributed by atoms with Crippen LogP contribution in [0.15, 0.2) is 41.3 Å². The van der Waals surface area contributed by atoms with Crippen LogP contribution in [0.5, 0.6) is 0 Å². The van der Waals surface area contributed by atoms with Gasteiger partial charge in [0.05, 0.1) is 5.69 Å². The van der Waals surface area contributed by atoms with Crippen molar-refractivity contribution >= 4 is 40.9 Å². The van der Waals surface area contributed by atoms with E-state index in [4.69, 9.17) is 0 Å². The Bertz CT molecular complexity index is 1140. The second kappa shape index (κ2) is 11.0. The lowest BCUT2D eigenvalue weighted by molar-refractivity contribution is -0.136. The summed E-state index contributed by atoms with van der Waals surface area (Å²) in [6.45, 7) is 4.22. The molecule has 3 aliphatic rings. The fourth-order valence-electron chi connectivity index (χ4n) is 5.65. The van der Waals surface area contributed by atoms with Crippen molar-refractivity contribution in [1.82, 2.24) is 10.2 Å². The SMILES string of the molecule is CSc1ccccc1CN1CCC(CNC(=O)C(=O)Nc2cc3c4c(c2)CCC(=O)N4CCC3)CC1. The lowest BCUT2D eigenvalue weighted by atomic mass is 9.91. The molecule has 0 unspecified atom stereocenters. The van der Waals surface area contributed by atoms with Gasteiger partial charge in [0.1, 0.15) is 0 Å². The molecular formula is C28H34N4O3S. The number of amides is 3. The van der Waals surface area contributed by atoms with E-state index in [2.05, 4.69) is 46.1 Å². The van der Waals surface area contributed by atoms with Crippen LogP contribution in [0.3, 0.4) is 0 Å². The smallest absolute Gasteiger partial charge is 0.313 e. The Kier molecular flexibility index (Phi) is 7.62. The van der Waals surface area contributed by atoms with Crippen LogP contribution in [0.4, 0.5) is 11.4 Å². The molecule has 0 saturated carbocycles. The molecule has 0 spiro atoms. The van der Waals surface area contributed by atoms with Crippen molar-refractivity contribution in [2.24, 2.45) is 5.92 Å². The summed E-state index contributed by atoms with van der Waals surface area (Å²) in [5.74, 6) is -0.664. The molecule has 0 atom stereocenters. The lowest BCUT2D eigenvalue weighted by Crippen LogP contribution is -2.42. The Morgan fingerprint density at radius 2 is 1.75 bits per heavy atom. The van der Waals surface area contributed by atoms with Crippen molar-refractivity contribution in [3.63, 3.8) is 0 Å². The fourth-order valence-corrected chi connectivity index (χ4v) is 6.26. The molecule has 0 aliphatic carbocycles. The first-order chi connectivity index (χ1) is 17.5. The Morgan fingerprint density at radius 1 is 1.00 bits per heavy atom. The summed E-state index contributed by atoms with van der Waals surface area (Å²) >= 11 is 1.78. The number of nitrogens with one attached hydrogen (secondary N) is 2. The normalized spacial score (nSPS) is 18.0. The highest BCUT2D eigenvalue weighted by molar-refractivity contribution is 7.98. The summed E-state index contributed by atoms with van der Waals surface area (Å²) in [7, 11) is 0. The van der Waals surface area contributed by atoms with Crippen LogP contribution in [-0.4, -0.2) is 55.1 Å². The van der Waals surface area contributed by atoms with Gasteiger partial charge in [-0.1, -0.05) is 18.2 Å². The van der Waals surface area contributed by atoms with Gasteiger partial charge in [-0.2, -0.15) is 0 Å². The van der Waals surface area contributed by atoms with Crippen LogP contribution in [0.2, 0.25) is 0 Å². The summed E-state index contributed by atoms with van der Waals surface area (Å²) in [5.41, 5.74) is 5.18. The van der Waals surface area contributed by atoms with E-state index in [1.54, 1.807) is 11.8 Å². The average molecular weight is 507 g/mol. The minimum atomic E-state index is -0.632. The van der Waals surface area contributed by atoms with Crippen LogP contribution in [0.25, 0.3) is 0 Å². The van der Waals surface area contributed by atoms with E-state index >= 15 is 0 Å². The monoisotopic (exact) mass is 506 g/mol. The van der Waals surface area contributed by atoms with E-state index in [0.717, 1.165) is 68.7 Å². The first-order valence-electron chi connectivity index (χ1n) is 12.9. The molecule has 190 valence electrons. The third-order valence-corrected chi connectivity index (χ3v) is 8.42. The molecule has 7 nitrogen and oxygen atoms in total. The van der Waals surface area contributed by atoms with Gasteiger partial charge in [-0.15, -0.1) is 11.8 Å². The summed E-state index contributed by atoms with van der Waals surface area (Å²) in [6, 6.07) is 12.4. The number of carbonyl (C=O) groups is 3. The number of nitrogens with zero attached hydrogens (tertiary/aromatic N) is 2. The van der Waals surface area contributed by atoms with E-state index in [0.29, 0.717) is 31.0 Å². The number of hydrogen-bond donors (Lipinski definition) is 2. The van der Waals surface area contributed by atoms with E-state index in [9.17, 15) is 14.4 Å². The van der Waals surface area contributed by atoms with Crippen LogP contribution in [0.1, 0.15) is 42.4 Å². The molecule has 0 radical (unpaired) electrons. The minimum Gasteiger partial charge on any atom is -0.348 e. The number of benzene rings is 2. The third kappa shape index (κ3) is 5.44. The number of thioether (sulfide) groups is 1. The molecule has 5 rings (SSSR count). The molecule has 1 fully saturated rings. The van der Waals surface area contributed by atoms with Gasteiger partial charge in [-0.25, -0.2) is 0 Å². The molecule has 3 amide bonds. The minimum absolute atomic E-state index is 0.176. The third-order valence-electron chi connectivity index (χ3n) is 7.58. The van der Waals surface area contributed by atoms with Crippen molar-refractivity contribution in [3.8, 4) is 0 Å². The topological polar surface area (TPSA) is 81.8 Å².